The minimum absolute atomic E-state index is 0.0695. The first kappa shape index (κ1) is 46.9. The summed E-state index contributed by atoms with van der Waals surface area (Å²) in [6.45, 7) is 7.37. The van der Waals surface area contributed by atoms with Crippen molar-refractivity contribution < 1.29 is 18.0 Å². The van der Waals surface area contributed by atoms with Crippen LogP contribution >= 0.6 is 31.9 Å². The van der Waals surface area contributed by atoms with Crippen LogP contribution < -0.4 is 16.4 Å². The van der Waals surface area contributed by atoms with Gasteiger partial charge >= 0.3 is 0 Å². The molecule has 1 amide bonds. The molecule has 4 aromatic heterocycles. The summed E-state index contributed by atoms with van der Waals surface area (Å²) in [5.41, 5.74) is 13.8. The second-order valence-electron chi connectivity index (χ2n) is 16.4. The first-order valence-corrected chi connectivity index (χ1v) is 24.0. The number of rotatable bonds is 14. The summed E-state index contributed by atoms with van der Waals surface area (Å²) in [6.07, 6.45) is 9.69. The van der Waals surface area contributed by atoms with Gasteiger partial charge in [0.2, 0.25) is 0 Å². The molecule has 2 saturated carbocycles. The number of halogens is 2. The average molecular weight is 994 g/mol. The molecule has 6 aromatic rings. The van der Waals surface area contributed by atoms with E-state index in [1.807, 2.05) is 69.0 Å². The fourth-order valence-corrected chi connectivity index (χ4v) is 8.44. The zero-order valence-corrected chi connectivity index (χ0v) is 40.2. The van der Waals surface area contributed by atoms with Gasteiger partial charge in [0.1, 0.15) is 14.1 Å². The van der Waals surface area contributed by atoms with Gasteiger partial charge < -0.3 is 26.2 Å². The number of hydrogen-bond donors (Lipinski definition) is 3. The van der Waals surface area contributed by atoms with E-state index in [9.17, 15) is 18.0 Å². The number of amides is 1. The lowest BCUT2D eigenvalue weighted by atomic mass is 9.98. The molecule has 15 nitrogen and oxygen atoms in total. The topological polar surface area (TPSA) is 185 Å². The molecule has 18 heteroatoms. The van der Waals surface area contributed by atoms with E-state index in [-0.39, 0.29) is 22.2 Å². The van der Waals surface area contributed by atoms with Crippen molar-refractivity contribution in [2.45, 2.75) is 56.9 Å². The van der Waals surface area contributed by atoms with E-state index in [0.29, 0.717) is 34.2 Å². The number of likely N-dealkylation sites (N-methyl/N-ethyl adjacent to an activating group) is 2. The van der Waals surface area contributed by atoms with Crippen LogP contribution in [0, 0.1) is 19.8 Å². The molecule has 0 spiro atoms. The predicted molar refractivity (Wildman–Crippen MR) is 252 cm³/mol. The molecule has 0 radical (unpaired) electrons. The van der Waals surface area contributed by atoms with E-state index >= 15 is 0 Å². The lowest BCUT2D eigenvalue weighted by molar-refractivity contribution is 0.0948. The molecule has 330 valence electrons. The number of benzene rings is 2. The molecule has 8 rings (SSSR count). The van der Waals surface area contributed by atoms with E-state index in [1.165, 1.54) is 23.4 Å². The lowest BCUT2D eigenvalue weighted by Gasteiger charge is -2.12. The molecule has 2 fully saturated rings. The zero-order chi connectivity index (χ0) is 44.9. The van der Waals surface area contributed by atoms with Gasteiger partial charge in [-0.3, -0.25) is 9.59 Å². The quantitative estimate of drug-likeness (QED) is 0.0984. The van der Waals surface area contributed by atoms with Crippen molar-refractivity contribution >= 4 is 70.4 Å². The summed E-state index contributed by atoms with van der Waals surface area (Å²) in [6, 6.07) is 15.2. The summed E-state index contributed by atoms with van der Waals surface area (Å²) < 4.78 is 28.6. The minimum atomic E-state index is -3.46. The third-order valence-electron chi connectivity index (χ3n) is 10.4. The Morgan fingerprint density at radius 3 is 1.84 bits per heavy atom. The Bertz CT molecular complexity index is 2690. The Kier molecular flexibility index (Phi) is 15.3. The fourth-order valence-electron chi connectivity index (χ4n) is 6.72. The summed E-state index contributed by atoms with van der Waals surface area (Å²) in [4.78, 5) is 38.0. The first-order valence-electron chi connectivity index (χ1n) is 20.5. The molecule has 2 aliphatic rings. The van der Waals surface area contributed by atoms with Crippen LogP contribution in [0.3, 0.4) is 0 Å². The number of Topliss-reactive ketones (excluding diaryl/α,β-unsaturated/α-hetero) is 1. The SMILES string of the molecule is CN(C)CCN.Cc1cc(-c2cnc3c(NCCN(C)C)cc(Br)nn23)ccc1C(=O)CC1CC1.Cc1cc(-c2cnc3c(S(C)(=O)=O)cc(Br)nn23)ccc1C(=O)NC1CC1. The highest BCUT2D eigenvalue weighted by Gasteiger charge is 2.27. The summed E-state index contributed by atoms with van der Waals surface area (Å²) in [7, 11) is 4.66. The van der Waals surface area contributed by atoms with Crippen LogP contribution in [0.5, 0.6) is 0 Å². The van der Waals surface area contributed by atoms with Crippen molar-refractivity contribution in [3.8, 4) is 22.5 Å². The van der Waals surface area contributed by atoms with Crippen molar-refractivity contribution in [2.75, 3.05) is 65.9 Å². The highest BCUT2D eigenvalue weighted by molar-refractivity contribution is 9.10. The molecule has 62 heavy (non-hydrogen) atoms. The van der Waals surface area contributed by atoms with Gasteiger partial charge in [-0.05, 0) is 147 Å². The third-order valence-corrected chi connectivity index (χ3v) is 12.2. The maximum Gasteiger partial charge on any atom is 0.251 e. The number of ketones is 1. The van der Waals surface area contributed by atoms with E-state index in [4.69, 9.17) is 5.73 Å². The number of aryl methyl sites for hydroxylation is 2. The molecule has 0 bridgehead atoms. The fraction of sp³-hybridized carbons (Fsp3) is 0.409. The number of hydrogen-bond acceptors (Lipinski definition) is 12. The standard InChI is InChI=1S/C22H26BrN5O.C18H17BrN4O3S.C4H12N2/c1-14-10-16(6-7-17(14)20(29)11-15-4-5-15)19-13-25-22-18(24-8-9-27(2)3)12-21(23)26-28(19)22;1-10-7-11(3-6-13(10)18(24)21-12-4-5-12)14-9-20-17-15(27(2,25)26)8-16(19)22-23(14)17;1-6(2)4-3-5/h6-7,10,12-13,15,24H,4-5,8-9,11H2,1-3H3;3,6-9,12H,4-5H2,1-2H3,(H,21,24);3-5H2,1-2H3. The summed E-state index contributed by atoms with van der Waals surface area (Å²) >= 11 is 6.78. The molecule has 4 heterocycles. The van der Waals surface area contributed by atoms with Gasteiger partial charge in [0.15, 0.2) is 26.9 Å². The van der Waals surface area contributed by atoms with Gasteiger partial charge in [0, 0.05) is 67.2 Å². The highest BCUT2D eigenvalue weighted by atomic mass is 79.9. The van der Waals surface area contributed by atoms with Gasteiger partial charge in [-0.2, -0.15) is 10.2 Å². The molecule has 0 saturated heterocycles. The van der Waals surface area contributed by atoms with Gasteiger partial charge in [0.25, 0.3) is 5.91 Å². The number of nitrogens with one attached hydrogen (secondary N) is 2. The number of aromatic nitrogens is 6. The molecule has 0 unspecified atom stereocenters. The maximum atomic E-state index is 12.5. The molecular weight excluding hydrogens is 938 g/mol. The molecular formula is C44H55Br2N11O4S. The zero-order valence-electron chi connectivity index (χ0n) is 36.2. The molecule has 4 N–H and O–H groups in total. The van der Waals surface area contributed by atoms with Crippen molar-refractivity contribution in [3.63, 3.8) is 0 Å². The van der Waals surface area contributed by atoms with Gasteiger partial charge in [-0.15, -0.1) is 0 Å². The highest BCUT2D eigenvalue weighted by Crippen LogP contribution is 2.35. The van der Waals surface area contributed by atoms with Crippen molar-refractivity contribution in [1.29, 1.82) is 0 Å². The largest absolute Gasteiger partial charge is 0.381 e. The van der Waals surface area contributed by atoms with Crippen LogP contribution in [0.1, 0.15) is 63.9 Å². The molecule has 2 aliphatic carbocycles. The monoisotopic (exact) mass is 991 g/mol. The van der Waals surface area contributed by atoms with Crippen LogP contribution in [-0.2, 0) is 9.84 Å². The van der Waals surface area contributed by atoms with E-state index in [2.05, 4.69) is 92.6 Å². The number of sulfone groups is 1. The van der Waals surface area contributed by atoms with Crippen LogP contribution in [0.4, 0.5) is 5.69 Å². The van der Waals surface area contributed by atoms with E-state index < -0.39 is 9.84 Å². The number of fused-ring (bicyclic) bond motifs is 2. The summed E-state index contributed by atoms with van der Waals surface area (Å²) in [5.74, 6) is 0.781. The van der Waals surface area contributed by atoms with Gasteiger partial charge in [-0.25, -0.2) is 27.4 Å². The molecule has 0 aliphatic heterocycles. The second kappa shape index (κ2) is 20.3. The summed E-state index contributed by atoms with van der Waals surface area (Å²) in [5, 5.41) is 15.4. The number of nitrogens with zero attached hydrogens (tertiary/aromatic N) is 8. The Balaban J connectivity index is 0.000000183. The molecule has 2 aromatic carbocycles. The number of carbonyl (C=O) groups is 2. The molecule has 0 atom stereocenters. The Morgan fingerprint density at radius 1 is 0.790 bits per heavy atom. The first-order chi connectivity index (χ1) is 29.4. The lowest BCUT2D eigenvalue weighted by Crippen LogP contribution is -2.26. The normalized spacial score (nSPS) is 13.8. The van der Waals surface area contributed by atoms with Crippen molar-refractivity contribution in [1.82, 2.24) is 44.3 Å². The van der Waals surface area contributed by atoms with Crippen molar-refractivity contribution in [3.05, 3.63) is 92.4 Å². The van der Waals surface area contributed by atoms with Crippen molar-refractivity contribution in [2.24, 2.45) is 11.7 Å². The Labute approximate surface area is 380 Å². The van der Waals surface area contributed by atoms with Gasteiger partial charge in [-0.1, -0.05) is 18.2 Å². The number of carbonyl (C=O) groups excluding carboxylic acids is 2. The maximum absolute atomic E-state index is 12.5. The average Bonchev–Trinajstić information content (AvgIpc) is 4.11. The smallest absolute Gasteiger partial charge is 0.251 e. The van der Waals surface area contributed by atoms with Crippen LogP contribution in [-0.4, -0.2) is 126 Å². The predicted octanol–water partition coefficient (Wildman–Crippen LogP) is 6.69. The van der Waals surface area contributed by atoms with Crippen LogP contribution in [0.2, 0.25) is 0 Å². The second-order valence-corrected chi connectivity index (χ2v) is 20.1. The third kappa shape index (κ3) is 12.1. The number of nitrogens with two attached hydrogens (primary N) is 1. The van der Waals surface area contributed by atoms with E-state index in [0.717, 1.165) is 94.7 Å². The number of anilines is 1. The minimum Gasteiger partial charge on any atom is -0.381 e. The van der Waals surface area contributed by atoms with Crippen LogP contribution in [0.15, 0.2) is 75.0 Å². The number of imidazole rings is 2. The van der Waals surface area contributed by atoms with E-state index in [1.54, 1.807) is 12.3 Å². The van der Waals surface area contributed by atoms with Crippen LogP contribution in [0.25, 0.3) is 33.8 Å². The van der Waals surface area contributed by atoms with Gasteiger partial charge in [0.05, 0.1) is 29.5 Å². The Morgan fingerprint density at radius 2 is 1.34 bits per heavy atom. The Hall–Kier alpha value is -4.59.